The molecule has 0 bridgehead atoms. The molecule has 6 nitrogen and oxygen atoms in total. The monoisotopic (exact) mass is 246 g/mol. The lowest BCUT2D eigenvalue weighted by Crippen LogP contribution is -2.47. The molecular formula is C12H14N4O2. The van der Waals surface area contributed by atoms with Gasteiger partial charge in [-0.1, -0.05) is 0 Å². The zero-order valence-corrected chi connectivity index (χ0v) is 10.2. The van der Waals surface area contributed by atoms with Crippen LogP contribution in [0.25, 0.3) is 0 Å². The molecule has 0 saturated carbocycles. The first-order valence-electron chi connectivity index (χ1n) is 5.29. The molecule has 3 amide bonds. The molecule has 1 aromatic carbocycles. The van der Waals surface area contributed by atoms with E-state index in [1.54, 1.807) is 43.1 Å². The Hall–Kier alpha value is -2.55. The number of likely N-dealkylation sites (N-methyl/N-ethyl adjacent to an activating group) is 1. The molecule has 18 heavy (non-hydrogen) atoms. The first-order valence-corrected chi connectivity index (χ1v) is 5.29. The normalized spacial score (nSPS) is 11.2. The number of nitrogens with zero attached hydrogens (tertiary/aromatic N) is 2. The average molecular weight is 246 g/mol. The standard InChI is InChI=1S/C12H14N4O2/c1-8(11(17)15-12(14)18)16(2)10-5-3-9(7-13)4-6-10/h3-6,8H,1-2H3,(H3,14,15,17,18). The minimum Gasteiger partial charge on any atom is -0.363 e. The molecule has 0 aromatic heterocycles. The SMILES string of the molecule is CC(C(=O)NC(N)=O)N(C)c1ccc(C#N)cc1. The number of anilines is 1. The number of nitriles is 1. The molecule has 0 saturated heterocycles. The molecule has 0 fully saturated rings. The quantitative estimate of drug-likeness (QED) is 0.814. The summed E-state index contributed by atoms with van der Waals surface area (Å²) < 4.78 is 0. The molecule has 3 N–H and O–H groups in total. The van der Waals surface area contributed by atoms with E-state index in [0.717, 1.165) is 5.69 Å². The third-order valence-corrected chi connectivity index (χ3v) is 2.61. The van der Waals surface area contributed by atoms with E-state index in [9.17, 15) is 9.59 Å². The highest BCUT2D eigenvalue weighted by Gasteiger charge is 2.19. The van der Waals surface area contributed by atoms with Crippen molar-refractivity contribution >= 4 is 17.6 Å². The zero-order chi connectivity index (χ0) is 13.7. The van der Waals surface area contributed by atoms with Crippen LogP contribution < -0.4 is 16.0 Å². The minimum absolute atomic E-state index is 0.477. The Morgan fingerprint density at radius 3 is 2.39 bits per heavy atom. The van der Waals surface area contributed by atoms with Crippen molar-refractivity contribution in [2.45, 2.75) is 13.0 Å². The van der Waals surface area contributed by atoms with Crippen LogP contribution in [-0.4, -0.2) is 25.0 Å². The van der Waals surface area contributed by atoms with Crippen LogP contribution in [0.15, 0.2) is 24.3 Å². The van der Waals surface area contributed by atoms with E-state index in [0.29, 0.717) is 5.56 Å². The molecule has 0 heterocycles. The van der Waals surface area contributed by atoms with E-state index in [-0.39, 0.29) is 0 Å². The Morgan fingerprint density at radius 1 is 1.39 bits per heavy atom. The van der Waals surface area contributed by atoms with Gasteiger partial charge in [0.15, 0.2) is 0 Å². The van der Waals surface area contributed by atoms with Crippen molar-refractivity contribution < 1.29 is 9.59 Å². The Morgan fingerprint density at radius 2 is 1.94 bits per heavy atom. The highest BCUT2D eigenvalue weighted by molar-refractivity contribution is 5.97. The third-order valence-electron chi connectivity index (χ3n) is 2.61. The van der Waals surface area contributed by atoms with Crippen LogP contribution in [-0.2, 0) is 4.79 Å². The molecule has 0 spiro atoms. The summed E-state index contributed by atoms with van der Waals surface area (Å²) in [6.45, 7) is 1.65. The summed E-state index contributed by atoms with van der Waals surface area (Å²) in [5.41, 5.74) is 6.19. The highest BCUT2D eigenvalue weighted by Crippen LogP contribution is 2.15. The summed E-state index contributed by atoms with van der Waals surface area (Å²) in [4.78, 5) is 23.9. The van der Waals surface area contributed by atoms with Crippen molar-refractivity contribution in [2.24, 2.45) is 5.73 Å². The van der Waals surface area contributed by atoms with Gasteiger partial charge in [-0.3, -0.25) is 10.1 Å². The van der Waals surface area contributed by atoms with Crippen LogP contribution in [0.5, 0.6) is 0 Å². The first-order chi connectivity index (χ1) is 8.45. The Balaban J connectivity index is 2.79. The van der Waals surface area contributed by atoms with Gasteiger partial charge in [0.05, 0.1) is 11.6 Å². The number of urea groups is 1. The molecule has 0 radical (unpaired) electrons. The van der Waals surface area contributed by atoms with Gasteiger partial charge < -0.3 is 10.6 Å². The number of benzene rings is 1. The molecule has 0 aliphatic carbocycles. The number of primary amides is 1. The van der Waals surface area contributed by atoms with Crippen LogP contribution in [0.1, 0.15) is 12.5 Å². The summed E-state index contributed by atoms with van der Waals surface area (Å²) in [7, 11) is 1.71. The van der Waals surface area contributed by atoms with Gasteiger partial charge in [-0.2, -0.15) is 5.26 Å². The molecule has 6 heteroatoms. The van der Waals surface area contributed by atoms with E-state index in [1.807, 2.05) is 11.4 Å². The van der Waals surface area contributed by atoms with Gasteiger partial charge in [-0.05, 0) is 31.2 Å². The zero-order valence-electron chi connectivity index (χ0n) is 10.2. The second-order valence-corrected chi connectivity index (χ2v) is 3.80. The van der Waals surface area contributed by atoms with E-state index >= 15 is 0 Å². The van der Waals surface area contributed by atoms with Crippen LogP contribution in [0.3, 0.4) is 0 Å². The van der Waals surface area contributed by atoms with Gasteiger partial charge in [-0.15, -0.1) is 0 Å². The second-order valence-electron chi connectivity index (χ2n) is 3.80. The molecule has 1 atom stereocenters. The van der Waals surface area contributed by atoms with Gasteiger partial charge in [0.2, 0.25) is 5.91 Å². The number of amides is 3. The first kappa shape index (κ1) is 13.5. The van der Waals surface area contributed by atoms with Crippen LogP contribution in [0.2, 0.25) is 0 Å². The molecule has 1 unspecified atom stereocenters. The fraction of sp³-hybridized carbons (Fsp3) is 0.250. The van der Waals surface area contributed by atoms with Gasteiger partial charge in [0.25, 0.3) is 0 Å². The minimum atomic E-state index is -0.875. The van der Waals surface area contributed by atoms with Crippen molar-refractivity contribution in [3.05, 3.63) is 29.8 Å². The summed E-state index contributed by atoms with van der Waals surface area (Å²) in [6, 6.07) is 7.36. The number of nitrogens with two attached hydrogens (primary N) is 1. The number of carbonyl (C=O) groups is 2. The Labute approximate surface area is 105 Å². The van der Waals surface area contributed by atoms with Gasteiger partial charge in [0, 0.05) is 12.7 Å². The second kappa shape index (κ2) is 5.68. The maximum Gasteiger partial charge on any atom is 0.318 e. The van der Waals surface area contributed by atoms with E-state index in [4.69, 9.17) is 11.0 Å². The van der Waals surface area contributed by atoms with Gasteiger partial charge >= 0.3 is 6.03 Å². The summed E-state index contributed by atoms with van der Waals surface area (Å²) in [6.07, 6.45) is 0. The largest absolute Gasteiger partial charge is 0.363 e. The van der Waals surface area contributed by atoms with Crippen molar-refractivity contribution in [3.63, 3.8) is 0 Å². The van der Waals surface area contributed by atoms with Gasteiger partial charge in [-0.25, -0.2) is 4.79 Å². The maximum absolute atomic E-state index is 11.6. The van der Waals surface area contributed by atoms with Crippen LogP contribution in [0.4, 0.5) is 10.5 Å². The predicted octanol–water partition coefficient (Wildman–Crippen LogP) is 0.578. The summed E-state index contributed by atoms with van der Waals surface area (Å²) in [5.74, 6) is -0.477. The predicted molar refractivity (Wildman–Crippen MR) is 66.7 cm³/mol. The Kier molecular flexibility index (Phi) is 4.27. The molecular weight excluding hydrogens is 232 g/mol. The van der Waals surface area contributed by atoms with Gasteiger partial charge in [0.1, 0.15) is 6.04 Å². The fourth-order valence-electron chi connectivity index (χ4n) is 1.40. The lowest BCUT2D eigenvalue weighted by molar-refractivity contribution is -0.120. The number of nitrogens with one attached hydrogen (secondary N) is 1. The number of carbonyl (C=O) groups excluding carboxylic acids is 2. The smallest absolute Gasteiger partial charge is 0.318 e. The number of hydrogen-bond acceptors (Lipinski definition) is 4. The average Bonchev–Trinajstić information content (AvgIpc) is 2.36. The van der Waals surface area contributed by atoms with Crippen molar-refractivity contribution in [3.8, 4) is 6.07 Å². The molecule has 94 valence electrons. The van der Waals surface area contributed by atoms with Crippen LogP contribution >= 0.6 is 0 Å². The maximum atomic E-state index is 11.6. The van der Waals surface area contributed by atoms with Crippen molar-refractivity contribution in [1.29, 1.82) is 5.26 Å². The lowest BCUT2D eigenvalue weighted by atomic mass is 10.2. The van der Waals surface area contributed by atoms with Crippen molar-refractivity contribution in [2.75, 3.05) is 11.9 Å². The van der Waals surface area contributed by atoms with E-state index < -0.39 is 18.0 Å². The van der Waals surface area contributed by atoms with E-state index in [2.05, 4.69) is 0 Å². The molecule has 0 aliphatic rings. The number of imide groups is 1. The molecule has 1 aromatic rings. The number of hydrogen-bond donors (Lipinski definition) is 2. The summed E-state index contributed by atoms with van der Waals surface area (Å²) >= 11 is 0. The molecule has 0 aliphatic heterocycles. The fourth-order valence-corrected chi connectivity index (χ4v) is 1.40. The van der Waals surface area contributed by atoms with Crippen LogP contribution in [0, 0.1) is 11.3 Å². The molecule has 1 rings (SSSR count). The van der Waals surface area contributed by atoms with E-state index in [1.165, 1.54) is 0 Å². The highest BCUT2D eigenvalue weighted by atomic mass is 16.2. The summed E-state index contributed by atoms with van der Waals surface area (Å²) in [5, 5.41) is 10.7. The van der Waals surface area contributed by atoms with Crippen molar-refractivity contribution in [1.82, 2.24) is 5.32 Å². The number of rotatable bonds is 3. The lowest BCUT2D eigenvalue weighted by Gasteiger charge is -2.25. The third kappa shape index (κ3) is 3.22. The topological polar surface area (TPSA) is 99.2 Å². The Bertz CT molecular complexity index is 490.